The molecule has 1 aromatic rings. The van der Waals surface area contributed by atoms with Crippen molar-refractivity contribution >= 4 is 5.78 Å². The molecule has 0 fully saturated rings. The molecule has 1 aromatic carbocycles. The number of methoxy groups -OCH3 is 1. The number of ether oxygens (including phenoxy) is 1. The minimum absolute atomic E-state index is 0.165. The molecule has 1 unspecified atom stereocenters. The zero-order valence-electron chi connectivity index (χ0n) is 9.48. The summed E-state index contributed by atoms with van der Waals surface area (Å²) < 4.78 is 5.10. The number of carbonyl (C=O) groups is 1. The van der Waals surface area contributed by atoms with Crippen LogP contribution in [0.4, 0.5) is 0 Å². The van der Waals surface area contributed by atoms with Crippen LogP contribution in [-0.4, -0.2) is 12.9 Å². The van der Waals surface area contributed by atoms with Crippen molar-refractivity contribution in [3.8, 4) is 5.75 Å². The maximum atomic E-state index is 11.6. The first kappa shape index (κ1) is 10.9. The normalized spacial score (nSPS) is 19.8. The molecule has 0 aliphatic heterocycles. The first-order chi connectivity index (χ1) is 7.79. The second-order valence-corrected chi connectivity index (χ2v) is 4.13. The van der Waals surface area contributed by atoms with E-state index in [-0.39, 0.29) is 11.7 Å². The van der Waals surface area contributed by atoms with Crippen LogP contribution in [0.3, 0.4) is 0 Å². The second-order valence-electron chi connectivity index (χ2n) is 4.13. The SMILES string of the molecule is COc1ccc(CC2CCC=CC2=O)cc1. The molecule has 16 heavy (non-hydrogen) atoms. The Morgan fingerprint density at radius 3 is 2.69 bits per heavy atom. The molecular formula is C14H16O2. The summed E-state index contributed by atoms with van der Waals surface area (Å²) >= 11 is 0. The predicted molar refractivity (Wildman–Crippen MR) is 63.6 cm³/mol. The van der Waals surface area contributed by atoms with Gasteiger partial charge in [-0.05, 0) is 43.0 Å². The van der Waals surface area contributed by atoms with Crippen LogP contribution in [-0.2, 0) is 11.2 Å². The second kappa shape index (κ2) is 4.97. The van der Waals surface area contributed by atoms with E-state index in [0.29, 0.717) is 0 Å². The number of benzene rings is 1. The summed E-state index contributed by atoms with van der Waals surface area (Å²) in [6, 6.07) is 7.95. The largest absolute Gasteiger partial charge is 0.497 e. The van der Waals surface area contributed by atoms with Gasteiger partial charge in [0, 0.05) is 5.92 Å². The number of ketones is 1. The predicted octanol–water partition coefficient (Wildman–Crippen LogP) is 2.77. The lowest BCUT2D eigenvalue weighted by molar-refractivity contribution is -0.118. The molecule has 2 heteroatoms. The van der Waals surface area contributed by atoms with Gasteiger partial charge in [0.15, 0.2) is 5.78 Å². The Hall–Kier alpha value is -1.57. The van der Waals surface area contributed by atoms with Crippen LogP contribution in [0.1, 0.15) is 18.4 Å². The van der Waals surface area contributed by atoms with Gasteiger partial charge in [-0.3, -0.25) is 4.79 Å². The van der Waals surface area contributed by atoms with Gasteiger partial charge in [-0.25, -0.2) is 0 Å². The first-order valence-corrected chi connectivity index (χ1v) is 5.63. The molecule has 0 saturated heterocycles. The van der Waals surface area contributed by atoms with Gasteiger partial charge in [0.25, 0.3) is 0 Å². The van der Waals surface area contributed by atoms with E-state index in [2.05, 4.69) is 0 Å². The van der Waals surface area contributed by atoms with Gasteiger partial charge in [-0.2, -0.15) is 0 Å². The highest BCUT2D eigenvalue weighted by atomic mass is 16.5. The number of allylic oxidation sites excluding steroid dienone is 2. The Labute approximate surface area is 95.9 Å². The molecule has 2 nitrogen and oxygen atoms in total. The van der Waals surface area contributed by atoms with Gasteiger partial charge < -0.3 is 4.74 Å². The summed E-state index contributed by atoms with van der Waals surface area (Å²) in [6.45, 7) is 0. The third-order valence-corrected chi connectivity index (χ3v) is 3.01. The van der Waals surface area contributed by atoms with Gasteiger partial charge >= 0.3 is 0 Å². The molecule has 0 radical (unpaired) electrons. The fraction of sp³-hybridized carbons (Fsp3) is 0.357. The van der Waals surface area contributed by atoms with Crippen LogP contribution in [0.5, 0.6) is 5.75 Å². The molecule has 1 aliphatic rings. The summed E-state index contributed by atoms with van der Waals surface area (Å²) in [6.07, 6.45) is 6.52. The lowest BCUT2D eigenvalue weighted by atomic mass is 9.87. The van der Waals surface area contributed by atoms with Crippen molar-refractivity contribution in [3.05, 3.63) is 42.0 Å². The number of hydrogen-bond donors (Lipinski definition) is 0. The zero-order valence-corrected chi connectivity index (χ0v) is 9.48. The van der Waals surface area contributed by atoms with Crippen molar-refractivity contribution in [2.24, 2.45) is 5.92 Å². The van der Waals surface area contributed by atoms with Crippen molar-refractivity contribution in [1.29, 1.82) is 0 Å². The van der Waals surface area contributed by atoms with Crippen molar-refractivity contribution < 1.29 is 9.53 Å². The smallest absolute Gasteiger partial charge is 0.158 e. The van der Waals surface area contributed by atoms with E-state index in [1.807, 2.05) is 30.3 Å². The topological polar surface area (TPSA) is 26.3 Å². The molecule has 0 spiro atoms. The minimum Gasteiger partial charge on any atom is -0.497 e. The minimum atomic E-state index is 0.165. The summed E-state index contributed by atoms with van der Waals surface area (Å²) in [7, 11) is 1.66. The fourth-order valence-corrected chi connectivity index (χ4v) is 2.02. The van der Waals surface area contributed by atoms with Crippen molar-refractivity contribution in [2.45, 2.75) is 19.3 Å². The quantitative estimate of drug-likeness (QED) is 0.776. The number of hydrogen-bond acceptors (Lipinski definition) is 2. The van der Waals surface area contributed by atoms with Crippen LogP contribution in [0.2, 0.25) is 0 Å². The Bertz CT molecular complexity index is 390. The third kappa shape index (κ3) is 2.51. The number of rotatable bonds is 3. The molecule has 0 N–H and O–H groups in total. The van der Waals surface area contributed by atoms with Crippen LogP contribution >= 0.6 is 0 Å². The standard InChI is InChI=1S/C14H16O2/c1-16-13-8-6-11(7-9-13)10-12-4-2-3-5-14(12)15/h3,5-9,12H,2,4,10H2,1H3. The maximum absolute atomic E-state index is 11.6. The Morgan fingerprint density at radius 2 is 2.06 bits per heavy atom. The maximum Gasteiger partial charge on any atom is 0.158 e. The van der Waals surface area contributed by atoms with Crippen LogP contribution in [0.25, 0.3) is 0 Å². The van der Waals surface area contributed by atoms with Crippen molar-refractivity contribution in [3.63, 3.8) is 0 Å². The molecule has 84 valence electrons. The molecule has 0 heterocycles. The summed E-state index contributed by atoms with van der Waals surface area (Å²) in [5.74, 6) is 1.29. The van der Waals surface area contributed by atoms with E-state index in [1.54, 1.807) is 13.2 Å². The van der Waals surface area contributed by atoms with Crippen molar-refractivity contribution in [1.82, 2.24) is 0 Å². The number of carbonyl (C=O) groups excluding carboxylic acids is 1. The van der Waals surface area contributed by atoms with Gasteiger partial charge in [0.1, 0.15) is 5.75 Å². The van der Waals surface area contributed by atoms with Gasteiger partial charge in [-0.1, -0.05) is 18.2 Å². The summed E-state index contributed by atoms with van der Waals surface area (Å²) in [4.78, 5) is 11.6. The summed E-state index contributed by atoms with van der Waals surface area (Å²) in [5, 5.41) is 0. The van der Waals surface area contributed by atoms with Gasteiger partial charge in [0.2, 0.25) is 0 Å². The van der Waals surface area contributed by atoms with E-state index in [1.165, 1.54) is 5.56 Å². The monoisotopic (exact) mass is 216 g/mol. The van der Waals surface area contributed by atoms with E-state index in [9.17, 15) is 4.79 Å². The van der Waals surface area contributed by atoms with Gasteiger partial charge in [-0.15, -0.1) is 0 Å². The van der Waals surface area contributed by atoms with E-state index < -0.39 is 0 Å². The van der Waals surface area contributed by atoms with Crippen molar-refractivity contribution in [2.75, 3.05) is 7.11 Å². The Balaban J connectivity index is 2.03. The van der Waals surface area contributed by atoms with Crippen LogP contribution in [0.15, 0.2) is 36.4 Å². The molecule has 0 saturated carbocycles. The zero-order chi connectivity index (χ0) is 11.4. The molecule has 0 bridgehead atoms. The fourth-order valence-electron chi connectivity index (χ4n) is 2.02. The van der Waals surface area contributed by atoms with E-state index in [4.69, 9.17) is 4.74 Å². The van der Waals surface area contributed by atoms with E-state index >= 15 is 0 Å². The molecular weight excluding hydrogens is 200 g/mol. The average Bonchev–Trinajstić information content (AvgIpc) is 2.33. The molecule has 0 amide bonds. The lowest BCUT2D eigenvalue weighted by Gasteiger charge is -2.16. The summed E-state index contributed by atoms with van der Waals surface area (Å²) in [5.41, 5.74) is 1.20. The van der Waals surface area contributed by atoms with Crippen LogP contribution in [0, 0.1) is 5.92 Å². The molecule has 1 atom stereocenters. The first-order valence-electron chi connectivity index (χ1n) is 5.63. The molecule has 1 aliphatic carbocycles. The third-order valence-electron chi connectivity index (χ3n) is 3.01. The highest BCUT2D eigenvalue weighted by Gasteiger charge is 2.18. The highest BCUT2D eigenvalue weighted by molar-refractivity contribution is 5.92. The average molecular weight is 216 g/mol. The van der Waals surface area contributed by atoms with E-state index in [0.717, 1.165) is 25.0 Å². The molecule has 2 rings (SSSR count). The van der Waals surface area contributed by atoms with Gasteiger partial charge in [0.05, 0.1) is 7.11 Å². The molecule has 0 aromatic heterocycles. The highest BCUT2D eigenvalue weighted by Crippen LogP contribution is 2.21. The Morgan fingerprint density at radius 1 is 1.31 bits per heavy atom. The van der Waals surface area contributed by atoms with Crippen LogP contribution < -0.4 is 4.74 Å². The lowest BCUT2D eigenvalue weighted by Crippen LogP contribution is -2.17. The Kier molecular flexibility index (Phi) is 3.40.